The number of hydrogen-bond donors (Lipinski definition) is 0. The normalized spacial score (nSPS) is 23.1. The summed E-state index contributed by atoms with van der Waals surface area (Å²) in [6.45, 7) is 0.739. The van der Waals surface area contributed by atoms with Crippen molar-refractivity contribution in [3.8, 4) is 11.8 Å². The number of hydrogen-bond acceptors (Lipinski definition) is 4. The van der Waals surface area contributed by atoms with E-state index in [1.807, 2.05) is 0 Å². The Morgan fingerprint density at radius 1 is 1.06 bits per heavy atom. The van der Waals surface area contributed by atoms with Crippen molar-refractivity contribution in [2.75, 3.05) is 13.2 Å². The van der Waals surface area contributed by atoms with Gasteiger partial charge >= 0.3 is 0 Å². The number of carbonyl (C=O) groups is 1. The lowest BCUT2D eigenvalue weighted by Gasteiger charge is -2.32. The fraction of sp³-hybridized carbons (Fsp3) is 0.417. The molecule has 0 aromatic heterocycles. The molecule has 1 amide bonds. The fourth-order valence-corrected chi connectivity index (χ4v) is 4.41. The molecular formula is C24H23F3N2O3. The summed E-state index contributed by atoms with van der Waals surface area (Å²) in [5.74, 6) is -1.64. The Hall–Kier alpha value is -3.05. The van der Waals surface area contributed by atoms with Crippen LogP contribution in [0.4, 0.5) is 13.2 Å². The second-order valence-electron chi connectivity index (χ2n) is 8.29. The van der Waals surface area contributed by atoms with Gasteiger partial charge < -0.3 is 4.74 Å². The number of carbonyl (C=O) groups excluding carboxylic acids is 1. The van der Waals surface area contributed by atoms with E-state index in [4.69, 9.17) is 14.8 Å². The van der Waals surface area contributed by atoms with Crippen LogP contribution < -0.4 is 4.74 Å². The zero-order chi connectivity index (χ0) is 22.7. The predicted molar refractivity (Wildman–Crippen MR) is 109 cm³/mol. The molecule has 2 aromatic carbocycles. The Balaban J connectivity index is 1.32. The molecule has 0 radical (unpaired) electrons. The maximum atomic E-state index is 13.6. The van der Waals surface area contributed by atoms with Crippen molar-refractivity contribution in [1.29, 1.82) is 5.26 Å². The van der Waals surface area contributed by atoms with Crippen LogP contribution in [-0.4, -0.2) is 24.2 Å². The molecule has 0 unspecified atom stereocenters. The quantitative estimate of drug-likeness (QED) is 0.646. The maximum absolute atomic E-state index is 13.6. The van der Waals surface area contributed by atoms with Gasteiger partial charge in [-0.15, -0.1) is 0 Å². The second-order valence-corrected chi connectivity index (χ2v) is 8.29. The van der Waals surface area contributed by atoms with Crippen LogP contribution >= 0.6 is 0 Å². The molecule has 1 heterocycles. The van der Waals surface area contributed by atoms with Crippen LogP contribution in [0.3, 0.4) is 0 Å². The molecule has 2 aromatic rings. The highest BCUT2D eigenvalue weighted by molar-refractivity contribution is 5.78. The molecule has 1 aliphatic carbocycles. The molecule has 4 rings (SSSR count). The third kappa shape index (κ3) is 4.89. The molecule has 0 bridgehead atoms. The van der Waals surface area contributed by atoms with Gasteiger partial charge in [0, 0.05) is 24.5 Å². The number of ether oxygens (including phenoxy) is 1. The van der Waals surface area contributed by atoms with E-state index < -0.39 is 23.5 Å². The summed E-state index contributed by atoms with van der Waals surface area (Å²) in [6.07, 6.45) is 3.35. The van der Waals surface area contributed by atoms with Crippen LogP contribution in [0.25, 0.3) is 0 Å². The van der Waals surface area contributed by atoms with Gasteiger partial charge in [-0.2, -0.15) is 5.26 Å². The number of amides is 1. The third-order valence-corrected chi connectivity index (χ3v) is 6.13. The smallest absolute Gasteiger partial charge is 0.249 e. The summed E-state index contributed by atoms with van der Waals surface area (Å²) >= 11 is 0. The Morgan fingerprint density at radius 3 is 2.47 bits per heavy atom. The number of nitrogens with zero attached hydrogens (tertiary/aromatic N) is 2. The highest BCUT2D eigenvalue weighted by Gasteiger charge is 2.37. The van der Waals surface area contributed by atoms with Crippen molar-refractivity contribution in [1.82, 2.24) is 5.06 Å². The summed E-state index contributed by atoms with van der Waals surface area (Å²) in [4.78, 5) is 18.6. The van der Waals surface area contributed by atoms with E-state index >= 15 is 0 Å². The van der Waals surface area contributed by atoms with Crippen molar-refractivity contribution in [3.05, 3.63) is 65.0 Å². The highest BCUT2D eigenvalue weighted by Crippen LogP contribution is 2.36. The molecule has 168 valence electrons. The Kier molecular flexibility index (Phi) is 6.66. The van der Waals surface area contributed by atoms with Gasteiger partial charge in [0.15, 0.2) is 0 Å². The third-order valence-electron chi connectivity index (χ3n) is 6.13. The topological polar surface area (TPSA) is 62.6 Å². The Morgan fingerprint density at radius 2 is 1.78 bits per heavy atom. The van der Waals surface area contributed by atoms with Gasteiger partial charge in [0.05, 0.1) is 24.8 Å². The number of hydroxylamine groups is 2. The monoisotopic (exact) mass is 444 g/mol. The summed E-state index contributed by atoms with van der Waals surface area (Å²) < 4.78 is 46.4. The van der Waals surface area contributed by atoms with Gasteiger partial charge in [0.2, 0.25) is 5.91 Å². The zero-order valence-corrected chi connectivity index (χ0v) is 17.4. The van der Waals surface area contributed by atoms with E-state index in [-0.39, 0.29) is 23.3 Å². The van der Waals surface area contributed by atoms with Gasteiger partial charge in [-0.25, -0.2) is 18.2 Å². The number of benzene rings is 2. The molecule has 1 atom stereocenters. The van der Waals surface area contributed by atoms with Crippen molar-refractivity contribution in [2.24, 2.45) is 11.8 Å². The number of nitriles is 1. The Bertz CT molecular complexity index is 1010. The first kappa shape index (κ1) is 22.2. The zero-order valence-electron chi connectivity index (χ0n) is 17.4. The number of halogens is 3. The maximum Gasteiger partial charge on any atom is 0.249 e. The van der Waals surface area contributed by atoms with Gasteiger partial charge in [-0.1, -0.05) is 0 Å². The molecule has 0 N–H and O–H groups in total. The Labute approximate surface area is 184 Å². The van der Waals surface area contributed by atoms with Crippen LogP contribution in [0.15, 0.2) is 36.4 Å². The lowest BCUT2D eigenvalue weighted by Crippen LogP contribution is -2.37. The summed E-state index contributed by atoms with van der Waals surface area (Å²) in [7, 11) is 0. The van der Waals surface area contributed by atoms with E-state index in [9.17, 15) is 18.0 Å². The summed E-state index contributed by atoms with van der Waals surface area (Å²) in [5, 5.41) is 10.2. The number of rotatable bonds is 5. The van der Waals surface area contributed by atoms with E-state index in [1.54, 1.807) is 6.07 Å². The molecule has 2 fully saturated rings. The largest absolute Gasteiger partial charge is 0.493 e. The van der Waals surface area contributed by atoms with Crippen molar-refractivity contribution in [2.45, 2.75) is 38.1 Å². The van der Waals surface area contributed by atoms with Gasteiger partial charge in [0.1, 0.15) is 29.3 Å². The minimum atomic E-state index is -0.678. The average molecular weight is 444 g/mol. The molecule has 1 saturated carbocycles. The molecular weight excluding hydrogens is 421 g/mol. The lowest BCUT2D eigenvalue weighted by molar-refractivity contribution is -0.183. The minimum Gasteiger partial charge on any atom is -0.493 e. The van der Waals surface area contributed by atoms with Gasteiger partial charge in [-0.3, -0.25) is 9.63 Å². The van der Waals surface area contributed by atoms with E-state index in [1.165, 1.54) is 35.4 Å². The first-order valence-electron chi connectivity index (χ1n) is 10.7. The minimum absolute atomic E-state index is 0.0600. The predicted octanol–water partition coefficient (Wildman–Crippen LogP) is 5.07. The van der Waals surface area contributed by atoms with Gasteiger partial charge in [0.25, 0.3) is 0 Å². The van der Waals surface area contributed by atoms with E-state index in [2.05, 4.69) is 0 Å². The first-order valence-corrected chi connectivity index (χ1v) is 10.7. The molecule has 8 heteroatoms. The van der Waals surface area contributed by atoms with Gasteiger partial charge in [-0.05, 0) is 61.4 Å². The SMILES string of the molecule is N#Cc1cc(OC[C@H]2CC[C@@H](C(=O)N3OCC[C@H]3c3cc(F)cc(F)c3)CC2)ccc1F. The van der Waals surface area contributed by atoms with Crippen LogP contribution in [0.2, 0.25) is 0 Å². The van der Waals surface area contributed by atoms with Crippen LogP contribution in [0.5, 0.6) is 5.75 Å². The van der Waals surface area contributed by atoms with Crippen LogP contribution in [0.1, 0.15) is 49.3 Å². The van der Waals surface area contributed by atoms with E-state index in [0.29, 0.717) is 43.8 Å². The van der Waals surface area contributed by atoms with E-state index in [0.717, 1.165) is 18.9 Å². The summed E-state index contributed by atoms with van der Waals surface area (Å²) in [5.41, 5.74) is 0.335. The molecule has 0 spiro atoms. The molecule has 1 saturated heterocycles. The second kappa shape index (κ2) is 9.61. The summed E-state index contributed by atoms with van der Waals surface area (Å²) in [6, 6.07) is 8.66. The first-order chi connectivity index (χ1) is 15.4. The molecule has 1 aliphatic heterocycles. The molecule has 5 nitrogen and oxygen atoms in total. The van der Waals surface area contributed by atoms with Crippen molar-refractivity contribution < 1.29 is 27.5 Å². The average Bonchev–Trinajstić information content (AvgIpc) is 3.28. The van der Waals surface area contributed by atoms with Crippen LogP contribution in [0, 0.1) is 40.6 Å². The van der Waals surface area contributed by atoms with Crippen LogP contribution in [-0.2, 0) is 9.63 Å². The lowest BCUT2D eigenvalue weighted by atomic mass is 9.81. The fourth-order valence-electron chi connectivity index (χ4n) is 4.41. The highest BCUT2D eigenvalue weighted by atomic mass is 19.1. The van der Waals surface area contributed by atoms with Crippen molar-refractivity contribution in [3.63, 3.8) is 0 Å². The van der Waals surface area contributed by atoms with Crippen molar-refractivity contribution >= 4 is 5.91 Å². The molecule has 2 aliphatic rings. The molecule has 32 heavy (non-hydrogen) atoms. The standard InChI is InChI=1S/C24H23F3N2O3/c25-19-9-17(10-20(26)12-19)23-7-8-32-29(23)24(30)16-3-1-15(2-4-16)14-31-21-5-6-22(27)18(11-21)13-28/h5-6,9-12,15-16,23H,1-4,7-8,14H2/t15-,16+,23-/m0/s1.